The number of halogens is 2. The van der Waals surface area contributed by atoms with Crippen LogP contribution in [-0.4, -0.2) is 31.5 Å². The van der Waals surface area contributed by atoms with Crippen molar-refractivity contribution >= 4 is 33.4 Å². The fraction of sp³-hybridized carbons (Fsp3) is 0.417. The minimum atomic E-state index is 0.105. The number of rotatable bonds is 5. The molecule has 94 valence electrons. The predicted octanol–water partition coefficient (Wildman–Crippen LogP) is 3.35. The van der Waals surface area contributed by atoms with Crippen molar-refractivity contribution in [3.05, 3.63) is 27.7 Å². The summed E-state index contributed by atoms with van der Waals surface area (Å²) < 4.78 is 6.43. The lowest BCUT2D eigenvalue weighted by atomic mass is 10.3. The zero-order valence-electron chi connectivity index (χ0n) is 9.87. The SMILES string of the molecule is CN(C)C(=O)CCCOc1cc(Br)ccc1Cl. The van der Waals surface area contributed by atoms with Gasteiger partial charge in [0, 0.05) is 25.0 Å². The van der Waals surface area contributed by atoms with Crippen LogP contribution in [0.15, 0.2) is 22.7 Å². The maximum atomic E-state index is 11.3. The molecule has 0 unspecified atom stereocenters. The highest BCUT2D eigenvalue weighted by atomic mass is 79.9. The first kappa shape index (κ1) is 14.3. The number of carbonyl (C=O) groups excluding carboxylic acids is 1. The second kappa shape index (κ2) is 6.87. The van der Waals surface area contributed by atoms with E-state index in [0.717, 1.165) is 4.47 Å². The number of benzene rings is 1. The van der Waals surface area contributed by atoms with E-state index in [4.69, 9.17) is 16.3 Å². The molecule has 0 aliphatic heterocycles. The molecular weight excluding hydrogens is 305 g/mol. The highest BCUT2D eigenvalue weighted by Crippen LogP contribution is 2.27. The summed E-state index contributed by atoms with van der Waals surface area (Å²) in [5.74, 6) is 0.743. The number of hydrogen-bond acceptors (Lipinski definition) is 2. The Kier molecular flexibility index (Phi) is 5.78. The Labute approximate surface area is 115 Å². The number of amides is 1. The van der Waals surface area contributed by atoms with Crippen LogP contribution in [-0.2, 0) is 4.79 Å². The van der Waals surface area contributed by atoms with E-state index >= 15 is 0 Å². The quantitative estimate of drug-likeness (QED) is 0.779. The minimum Gasteiger partial charge on any atom is -0.492 e. The Morgan fingerprint density at radius 3 is 2.82 bits per heavy atom. The van der Waals surface area contributed by atoms with Crippen LogP contribution < -0.4 is 4.74 Å². The second-order valence-corrected chi connectivity index (χ2v) is 5.14. The van der Waals surface area contributed by atoms with E-state index in [1.54, 1.807) is 25.1 Å². The van der Waals surface area contributed by atoms with Crippen LogP contribution in [0.2, 0.25) is 5.02 Å². The van der Waals surface area contributed by atoms with Gasteiger partial charge < -0.3 is 9.64 Å². The molecule has 0 fully saturated rings. The molecule has 0 atom stereocenters. The molecule has 1 rings (SSSR count). The van der Waals surface area contributed by atoms with Gasteiger partial charge in [-0.2, -0.15) is 0 Å². The number of hydrogen-bond donors (Lipinski definition) is 0. The molecule has 0 heterocycles. The summed E-state index contributed by atoms with van der Waals surface area (Å²) in [6.07, 6.45) is 1.17. The van der Waals surface area contributed by atoms with Gasteiger partial charge in [0.1, 0.15) is 5.75 Å². The molecule has 1 aromatic rings. The van der Waals surface area contributed by atoms with E-state index in [2.05, 4.69) is 15.9 Å². The van der Waals surface area contributed by atoms with Crippen LogP contribution in [0.25, 0.3) is 0 Å². The maximum Gasteiger partial charge on any atom is 0.222 e. The molecule has 3 nitrogen and oxygen atoms in total. The van der Waals surface area contributed by atoms with E-state index in [9.17, 15) is 4.79 Å². The predicted molar refractivity (Wildman–Crippen MR) is 72.6 cm³/mol. The van der Waals surface area contributed by atoms with Gasteiger partial charge in [-0.15, -0.1) is 0 Å². The van der Waals surface area contributed by atoms with Crippen molar-refractivity contribution in [3.63, 3.8) is 0 Å². The van der Waals surface area contributed by atoms with Crippen LogP contribution in [0.1, 0.15) is 12.8 Å². The molecule has 1 amide bonds. The third kappa shape index (κ3) is 4.96. The van der Waals surface area contributed by atoms with Crippen molar-refractivity contribution in [3.8, 4) is 5.75 Å². The Morgan fingerprint density at radius 1 is 1.47 bits per heavy atom. The first-order valence-electron chi connectivity index (χ1n) is 5.28. The van der Waals surface area contributed by atoms with Crippen LogP contribution in [0.5, 0.6) is 5.75 Å². The van der Waals surface area contributed by atoms with E-state index < -0.39 is 0 Å². The Hall–Kier alpha value is -0.740. The van der Waals surface area contributed by atoms with Gasteiger partial charge in [0.25, 0.3) is 0 Å². The molecule has 0 bridgehead atoms. The second-order valence-electron chi connectivity index (χ2n) is 3.81. The summed E-state index contributed by atoms with van der Waals surface area (Å²) in [5.41, 5.74) is 0. The van der Waals surface area contributed by atoms with Gasteiger partial charge >= 0.3 is 0 Å². The molecule has 0 saturated carbocycles. The standard InChI is InChI=1S/C12H15BrClNO2/c1-15(2)12(16)4-3-7-17-11-8-9(13)5-6-10(11)14/h5-6,8H,3-4,7H2,1-2H3. The summed E-state index contributed by atoms with van der Waals surface area (Å²) in [4.78, 5) is 12.9. The van der Waals surface area contributed by atoms with Crippen LogP contribution in [0.3, 0.4) is 0 Å². The number of ether oxygens (including phenoxy) is 1. The van der Waals surface area contributed by atoms with E-state index in [1.165, 1.54) is 0 Å². The fourth-order valence-corrected chi connectivity index (χ4v) is 1.73. The molecule has 0 aliphatic carbocycles. The fourth-order valence-electron chi connectivity index (χ4n) is 1.22. The third-order valence-corrected chi connectivity index (χ3v) is 2.99. The van der Waals surface area contributed by atoms with Crippen molar-refractivity contribution in [2.75, 3.05) is 20.7 Å². The van der Waals surface area contributed by atoms with Crippen molar-refractivity contribution in [1.29, 1.82) is 0 Å². The monoisotopic (exact) mass is 319 g/mol. The number of nitrogens with zero attached hydrogens (tertiary/aromatic N) is 1. The van der Waals surface area contributed by atoms with Crippen LogP contribution in [0, 0.1) is 0 Å². The van der Waals surface area contributed by atoms with Crippen molar-refractivity contribution in [1.82, 2.24) is 4.90 Å². The van der Waals surface area contributed by atoms with Crippen molar-refractivity contribution in [2.24, 2.45) is 0 Å². The summed E-state index contributed by atoms with van der Waals surface area (Å²) in [6.45, 7) is 0.482. The van der Waals surface area contributed by atoms with Gasteiger partial charge in [0.05, 0.1) is 11.6 Å². The molecule has 0 aliphatic rings. The molecule has 0 saturated heterocycles. The van der Waals surface area contributed by atoms with Gasteiger partial charge in [-0.05, 0) is 24.6 Å². The zero-order valence-corrected chi connectivity index (χ0v) is 12.2. The minimum absolute atomic E-state index is 0.105. The lowest BCUT2D eigenvalue weighted by Gasteiger charge is -2.11. The molecule has 0 radical (unpaired) electrons. The highest BCUT2D eigenvalue weighted by Gasteiger charge is 2.05. The third-order valence-electron chi connectivity index (χ3n) is 2.18. The van der Waals surface area contributed by atoms with Crippen molar-refractivity contribution in [2.45, 2.75) is 12.8 Å². The average molecular weight is 321 g/mol. The Balaban J connectivity index is 2.36. The molecule has 17 heavy (non-hydrogen) atoms. The first-order valence-corrected chi connectivity index (χ1v) is 6.46. The first-order chi connectivity index (χ1) is 8.00. The van der Waals surface area contributed by atoms with Gasteiger partial charge in [-0.1, -0.05) is 27.5 Å². The van der Waals surface area contributed by atoms with E-state index in [0.29, 0.717) is 30.2 Å². The number of carbonyl (C=O) groups is 1. The van der Waals surface area contributed by atoms with Crippen molar-refractivity contribution < 1.29 is 9.53 Å². The van der Waals surface area contributed by atoms with Crippen LogP contribution in [0.4, 0.5) is 0 Å². The normalized spacial score (nSPS) is 10.1. The molecule has 0 N–H and O–H groups in total. The Morgan fingerprint density at radius 2 is 2.18 bits per heavy atom. The summed E-state index contributed by atoms with van der Waals surface area (Å²) in [6, 6.07) is 5.44. The topological polar surface area (TPSA) is 29.5 Å². The lowest BCUT2D eigenvalue weighted by molar-refractivity contribution is -0.128. The summed E-state index contributed by atoms with van der Waals surface area (Å²) in [7, 11) is 3.49. The van der Waals surface area contributed by atoms with E-state index in [-0.39, 0.29) is 5.91 Å². The molecule has 0 spiro atoms. The maximum absolute atomic E-state index is 11.3. The Bertz CT molecular complexity index is 396. The molecular formula is C12H15BrClNO2. The summed E-state index contributed by atoms with van der Waals surface area (Å²) >= 11 is 9.32. The van der Waals surface area contributed by atoms with Gasteiger partial charge in [0.15, 0.2) is 0 Å². The average Bonchev–Trinajstić information content (AvgIpc) is 2.28. The smallest absolute Gasteiger partial charge is 0.222 e. The highest BCUT2D eigenvalue weighted by molar-refractivity contribution is 9.10. The van der Waals surface area contributed by atoms with Gasteiger partial charge in [-0.3, -0.25) is 4.79 Å². The molecule has 1 aromatic carbocycles. The molecule has 5 heteroatoms. The largest absolute Gasteiger partial charge is 0.492 e. The van der Waals surface area contributed by atoms with Gasteiger partial charge in [-0.25, -0.2) is 0 Å². The summed E-state index contributed by atoms with van der Waals surface area (Å²) in [5, 5.41) is 0.576. The zero-order chi connectivity index (χ0) is 12.8. The lowest BCUT2D eigenvalue weighted by Crippen LogP contribution is -2.21. The molecule has 0 aromatic heterocycles. The van der Waals surface area contributed by atoms with E-state index in [1.807, 2.05) is 12.1 Å². The van der Waals surface area contributed by atoms with Crippen LogP contribution >= 0.6 is 27.5 Å². The van der Waals surface area contributed by atoms with Gasteiger partial charge in [0.2, 0.25) is 5.91 Å².